The zero-order chi connectivity index (χ0) is 27.8. The van der Waals surface area contributed by atoms with Crippen LogP contribution < -0.4 is 21.3 Å². The van der Waals surface area contributed by atoms with E-state index < -0.39 is 35.7 Å². The van der Waals surface area contributed by atoms with Crippen molar-refractivity contribution >= 4 is 46.5 Å². The molecule has 0 spiro atoms. The lowest BCUT2D eigenvalue weighted by Gasteiger charge is -2.38. The van der Waals surface area contributed by atoms with Crippen LogP contribution in [0, 0.1) is 0 Å². The number of rotatable bonds is 11. The van der Waals surface area contributed by atoms with E-state index in [1.807, 2.05) is 30.3 Å². The molecular weight excluding hydrogens is 510 g/mol. The Labute approximate surface area is 223 Å². The molecule has 0 aliphatic rings. The second-order valence-corrected chi connectivity index (χ2v) is 10.1. The van der Waals surface area contributed by atoms with Crippen LogP contribution in [0.15, 0.2) is 60.0 Å². The third-order valence-electron chi connectivity index (χ3n) is 5.03. The highest BCUT2D eigenvalue weighted by Crippen LogP contribution is 2.32. The van der Waals surface area contributed by atoms with E-state index in [2.05, 4.69) is 26.3 Å². The van der Waals surface area contributed by atoms with E-state index >= 15 is 0 Å². The first-order chi connectivity index (χ1) is 18.0. The third kappa shape index (κ3) is 8.11. The van der Waals surface area contributed by atoms with Gasteiger partial charge in [0.25, 0.3) is 5.91 Å². The number of aliphatic carboxylic acids is 1. The number of thiazole rings is 1. The van der Waals surface area contributed by atoms with Crippen LogP contribution in [-0.2, 0) is 26.6 Å². The Morgan fingerprint density at radius 3 is 2.32 bits per heavy atom. The fourth-order valence-electron chi connectivity index (χ4n) is 3.56. The van der Waals surface area contributed by atoms with Crippen molar-refractivity contribution in [2.45, 2.75) is 45.1 Å². The Balaban J connectivity index is 1.65. The Morgan fingerprint density at radius 2 is 1.71 bits per heavy atom. The summed E-state index contributed by atoms with van der Waals surface area (Å²) in [6.45, 7) is 5.58. The highest BCUT2D eigenvalue weighted by Gasteiger charge is 2.39. The number of anilines is 2. The molecule has 200 valence electrons. The van der Waals surface area contributed by atoms with Crippen molar-refractivity contribution in [3.63, 3.8) is 0 Å². The number of hydrogen-bond donors (Lipinski definition) is 5. The topological polar surface area (TPSA) is 159 Å². The molecule has 0 aliphatic carbocycles. The van der Waals surface area contributed by atoms with E-state index in [0.717, 1.165) is 16.9 Å². The van der Waals surface area contributed by atoms with Crippen molar-refractivity contribution in [1.82, 2.24) is 15.6 Å². The number of benzene rings is 2. The number of ether oxygens (including phenoxy) is 1. The summed E-state index contributed by atoms with van der Waals surface area (Å²) >= 11 is 1.10. The first-order valence-corrected chi connectivity index (χ1v) is 12.5. The van der Waals surface area contributed by atoms with E-state index in [-0.39, 0.29) is 10.8 Å². The SMILES string of the molecule is CC(C)(C)OC(CC(=O)O)(NC=O)c1ccc(NC(=O)c2csc(NC(=O)NCc3ccccc3)n2)cc1. The van der Waals surface area contributed by atoms with Gasteiger partial charge in [0.15, 0.2) is 10.9 Å². The number of urea groups is 1. The molecule has 12 heteroatoms. The number of aromatic nitrogens is 1. The van der Waals surface area contributed by atoms with E-state index in [1.165, 1.54) is 5.38 Å². The molecule has 0 aliphatic heterocycles. The molecule has 4 amide bonds. The van der Waals surface area contributed by atoms with Crippen molar-refractivity contribution in [3.05, 3.63) is 76.8 Å². The van der Waals surface area contributed by atoms with Gasteiger partial charge in [0.1, 0.15) is 5.69 Å². The fraction of sp³-hybridized carbons (Fsp3) is 0.269. The molecule has 0 saturated carbocycles. The molecule has 1 unspecified atom stereocenters. The summed E-state index contributed by atoms with van der Waals surface area (Å²) in [5, 5.41) is 21.7. The molecule has 5 N–H and O–H groups in total. The van der Waals surface area contributed by atoms with Crippen LogP contribution in [0.25, 0.3) is 0 Å². The highest BCUT2D eigenvalue weighted by atomic mass is 32.1. The molecule has 38 heavy (non-hydrogen) atoms. The molecule has 1 atom stereocenters. The van der Waals surface area contributed by atoms with Gasteiger partial charge in [0.05, 0.1) is 12.0 Å². The maximum atomic E-state index is 12.7. The number of hydrogen-bond acceptors (Lipinski definition) is 7. The summed E-state index contributed by atoms with van der Waals surface area (Å²) in [6, 6.07) is 15.2. The minimum Gasteiger partial charge on any atom is -0.481 e. The van der Waals surface area contributed by atoms with Crippen LogP contribution in [0.4, 0.5) is 15.6 Å². The van der Waals surface area contributed by atoms with Gasteiger partial charge in [-0.15, -0.1) is 11.3 Å². The molecule has 11 nitrogen and oxygen atoms in total. The smallest absolute Gasteiger partial charge is 0.321 e. The van der Waals surface area contributed by atoms with Crippen LogP contribution in [0.1, 0.15) is 48.8 Å². The molecule has 1 heterocycles. The Bertz CT molecular complexity index is 1270. The van der Waals surface area contributed by atoms with Crippen molar-refractivity contribution < 1.29 is 29.0 Å². The van der Waals surface area contributed by atoms with E-state index in [1.54, 1.807) is 45.0 Å². The van der Waals surface area contributed by atoms with Gasteiger partial charge in [0.2, 0.25) is 6.41 Å². The molecule has 1 aromatic heterocycles. The highest BCUT2D eigenvalue weighted by molar-refractivity contribution is 7.14. The minimum atomic E-state index is -1.61. The number of nitrogens with one attached hydrogen (secondary N) is 4. The first kappa shape index (κ1) is 28.3. The normalized spacial score (nSPS) is 12.6. The van der Waals surface area contributed by atoms with Gasteiger partial charge >= 0.3 is 12.0 Å². The van der Waals surface area contributed by atoms with E-state index in [9.17, 15) is 24.3 Å². The average molecular weight is 540 g/mol. The quantitative estimate of drug-likeness (QED) is 0.182. The van der Waals surface area contributed by atoms with Gasteiger partial charge in [-0.05, 0) is 38.5 Å². The second kappa shape index (κ2) is 12.3. The van der Waals surface area contributed by atoms with Crippen LogP contribution in [0.2, 0.25) is 0 Å². The van der Waals surface area contributed by atoms with Crippen LogP contribution in [-0.4, -0.2) is 40.0 Å². The van der Waals surface area contributed by atoms with E-state index in [4.69, 9.17) is 4.74 Å². The monoisotopic (exact) mass is 539 g/mol. The maximum Gasteiger partial charge on any atom is 0.321 e. The van der Waals surface area contributed by atoms with Crippen LogP contribution in [0.5, 0.6) is 0 Å². The standard InChI is InChI=1S/C26H29N5O6S/c1-25(2,3)37-26(28-16-32,13-21(33)34)18-9-11-19(12-10-18)29-22(35)20-15-38-24(30-20)31-23(36)27-14-17-7-5-4-6-8-17/h4-12,15-16H,13-14H2,1-3H3,(H,28,32)(H,29,35)(H,33,34)(H2,27,30,31,36). The molecule has 0 saturated heterocycles. The lowest BCUT2D eigenvalue weighted by molar-refractivity contribution is -0.176. The number of carboxylic acid groups (broad SMARTS) is 1. The van der Waals surface area contributed by atoms with Gasteiger partial charge in [-0.2, -0.15) is 0 Å². The maximum absolute atomic E-state index is 12.7. The summed E-state index contributed by atoms with van der Waals surface area (Å²) in [6.07, 6.45) is -0.123. The van der Waals surface area contributed by atoms with Crippen LogP contribution >= 0.6 is 11.3 Å². The van der Waals surface area contributed by atoms with Crippen molar-refractivity contribution in [2.24, 2.45) is 0 Å². The third-order valence-corrected chi connectivity index (χ3v) is 5.79. The molecule has 3 aromatic rings. The first-order valence-electron chi connectivity index (χ1n) is 11.6. The van der Waals surface area contributed by atoms with Crippen LogP contribution in [0.3, 0.4) is 0 Å². The van der Waals surface area contributed by atoms with Gasteiger partial charge in [-0.1, -0.05) is 42.5 Å². The predicted octanol–water partition coefficient (Wildman–Crippen LogP) is 3.91. The lowest BCUT2D eigenvalue weighted by Crippen LogP contribution is -2.50. The molecule has 0 fully saturated rings. The summed E-state index contributed by atoms with van der Waals surface area (Å²) in [4.78, 5) is 51.9. The van der Waals surface area contributed by atoms with Crippen molar-refractivity contribution in [3.8, 4) is 0 Å². The molecule has 0 radical (unpaired) electrons. The number of carboxylic acids is 1. The summed E-state index contributed by atoms with van der Waals surface area (Å²) in [7, 11) is 0. The summed E-state index contributed by atoms with van der Waals surface area (Å²) in [5.41, 5.74) is -0.524. The Morgan fingerprint density at radius 1 is 1.03 bits per heavy atom. The number of carbonyl (C=O) groups is 4. The number of carbonyl (C=O) groups excluding carboxylic acids is 3. The van der Waals surface area contributed by atoms with Gasteiger partial charge in [0, 0.05) is 23.2 Å². The predicted molar refractivity (Wildman–Crippen MR) is 143 cm³/mol. The Hall–Kier alpha value is -4.29. The lowest BCUT2D eigenvalue weighted by atomic mass is 9.97. The average Bonchev–Trinajstić information content (AvgIpc) is 3.31. The zero-order valence-corrected chi connectivity index (χ0v) is 21.9. The number of nitrogens with zero attached hydrogens (tertiary/aromatic N) is 1. The number of amides is 4. The van der Waals surface area contributed by atoms with Gasteiger partial charge in [-0.3, -0.25) is 19.7 Å². The second-order valence-electron chi connectivity index (χ2n) is 9.24. The fourth-order valence-corrected chi connectivity index (χ4v) is 4.25. The summed E-state index contributed by atoms with van der Waals surface area (Å²) < 4.78 is 5.97. The molecule has 0 bridgehead atoms. The van der Waals surface area contributed by atoms with Gasteiger partial charge in [-0.25, -0.2) is 9.78 Å². The molecule has 2 aromatic carbocycles. The van der Waals surface area contributed by atoms with Crippen molar-refractivity contribution in [2.75, 3.05) is 10.6 Å². The largest absolute Gasteiger partial charge is 0.481 e. The molecule has 3 rings (SSSR count). The van der Waals surface area contributed by atoms with Gasteiger partial charge < -0.3 is 25.8 Å². The molecular formula is C26H29N5O6S. The zero-order valence-electron chi connectivity index (χ0n) is 21.1. The van der Waals surface area contributed by atoms with E-state index in [0.29, 0.717) is 24.2 Å². The Kier molecular flexibility index (Phi) is 9.16. The van der Waals surface area contributed by atoms with Crippen molar-refractivity contribution in [1.29, 1.82) is 0 Å². The minimum absolute atomic E-state index is 0.108. The summed E-state index contributed by atoms with van der Waals surface area (Å²) in [5.74, 6) is -1.66.